The average molecular weight is 369 g/mol. The number of benzene rings is 1. The molecule has 0 saturated heterocycles. The van der Waals surface area contributed by atoms with E-state index in [1.54, 1.807) is 15.3 Å². The Kier molecular flexibility index (Phi) is 6.73. The van der Waals surface area contributed by atoms with E-state index in [0.717, 1.165) is 31.2 Å². The Balaban J connectivity index is 2.37. The fourth-order valence-electron chi connectivity index (χ4n) is 3.43. The zero-order valence-electron chi connectivity index (χ0n) is 15.6. The molecule has 0 radical (unpaired) electrons. The molecule has 0 aliphatic heterocycles. The van der Waals surface area contributed by atoms with Crippen molar-refractivity contribution >= 4 is 15.0 Å². The second-order valence-corrected chi connectivity index (χ2v) is 8.17. The topological polar surface area (TPSA) is 29.1 Å². The van der Waals surface area contributed by atoms with Gasteiger partial charge in [0, 0.05) is 29.6 Å². The first-order valence-corrected chi connectivity index (χ1v) is 9.89. The predicted molar refractivity (Wildman–Crippen MR) is 102 cm³/mol. The van der Waals surface area contributed by atoms with Crippen molar-refractivity contribution in [3.05, 3.63) is 34.4 Å². The fourth-order valence-corrected chi connectivity index (χ4v) is 3.69. The minimum absolute atomic E-state index is 0.0223. The van der Waals surface area contributed by atoms with Crippen LogP contribution in [0.15, 0.2) is 12.1 Å². The highest BCUT2D eigenvalue weighted by atomic mass is 31.0. The van der Waals surface area contributed by atoms with Crippen LogP contribution in [0, 0.1) is 0 Å². The molecule has 1 fully saturated rings. The lowest BCUT2D eigenvalue weighted by atomic mass is 9.78. The molecule has 0 spiro atoms. The molecule has 1 aliphatic carbocycles. The van der Waals surface area contributed by atoms with Crippen LogP contribution in [0.1, 0.15) is 86.3 Å². The molecule has 1 N–H and O–H groups in total. The van der Waals surface area contributed by atoms with Gasteiger partial charge in [-0.3, -0.25) is 4.79 Å². The van der Waals surface area contributed by atoms with Gasteiger partial charge in [-0.2, -0.15) is 8.78 Å². The molecule has 1 aromatic rings. The summed E-state index contributed by atoms with van der Waals surface area (Å²) in [5.74, 6) is -0.0223. The standard InChI is InChI=1S/C20H30F2NOP/c1-4-6-8-18(24)16-11-14(13-23-19(3)9-7-10-19)12-17(15(16)5-2)20(21,22)25/h11-12,23H,4-10,13,25H2,1-3H3. The van der Waals surface area contributed by atoms with Crippen molar-refractivity contribution in [3.8, 4) is 0 Å². The van der Waals surface area contributed by atoms with Gasteiger partial charge in [0.15, 0.2) is 5.78 Å². The predicted octanol–water partition coefficient (Wildman–Crippen LogP) is 5.58. The quantitative estimate of drug-likeness (QED) is 0.455. The lowest BCUT2D eigenvalue weighted by molar-refractivity contribution is 0.0971. The van der Waals surface area contributed by atoms with Crippen molar-refractivity contribution in [2.75, 3.05) is 0 Å². The van der Waals surface area contributed by atoms with Gasteiger partial charge in [0.05, 0.1) is 0 Å². The van der Waals surface area contributed by atoms with Crippen molar-refractivity contribution in [2.24, 2.45) is 0 Å². The van der Waals surface area contributed by atoms with Crippen LogP contribution in [0.2, 0.25) is 0 Å². The van der Waals surface area contributed by atoms with Crippen LogP contribution in [0.5, 0.6) is 0 Å². The number of hydrogen-bond acceptors (Lipinski definition) is 2. The van der Waals surface area contributed by atoms with E-state index in [2.05, 4.69) is 12.2 Å². The first kappa shape index (κ1) is 20.5. The Hall–Kier alpha value is -0.860. The summed E-state index contributed by atoms with van der Waals surface area (Å²) in [4.78, 5) is 12.6. The van der Waals surface area contributed by atoms with Crippen molar-refractivity contribution < 1.29 is 13.6 Å². The van der Waals surface area contributed by atoms with Crippen LogP contribution in [0.3, 0.4) is 0 Å². The Morgan fingerprint density at radius 3 is 2.48 bits per heavy atom. The number of carbonyl (C=O) groups is 1. The number of ketones is 1. The second kappa shape index (κ2) is 8.22. The van der Waals surface area contributed by atoms with Crippen molar-refractivity contribution in [3.63, 3.8) is 0 Å². The first-order chi connectivity index (χ1) is 11.7. The van der Waals surface area contributed by atoms with Crippen LogP contribution >= 0.6 is 9.24 Å². The highest BCUT2D eigenvalue weighted by Crippen LogP contribution is 2.39. The van der Waals surface area contributed by atoms with E-state index in [0.29, 0.717) is 30.5 Å². The van der Waals surface area contributed by atoms with Gasteiger partial charge in [-0.05, 0) is 62.3 Å². The van der Waals surface area contributed by atoms with Gasteiger partial charge in [0.25, 0.3) is 5.66 Å². The molecule has 1 saturated carbocycles. The van der Waals surface area contributed by atoms with E-state index in [1.807, 2.05) is 19.9 Å². The van der Waals surface area contributed by atoms with Crippen LogP contribution in [0.4, 0.5) is 8.78 Å². The highest BCUT2D eigenvalue weighted by molar-refractivity contribution is 7.17. The smallest absolute Gasteiger partial charge is 0.284 e. The fraction of sp³-hybridized carbons (Fsp3) is 0.650. The number of halogens is 2. The molecule has 1 aliphatic rings. The van der Waals surface area contributed by atoms with Crippen molar-refractivity contribution in [1.82, 2.24) is 5.32 Å². The van der Waals surface area contributed by atoms with Crippen LogP contribution in [0.25, 0.3) is 0 Å². The summed E-state index contributed by atoms with van der Waals surface area (Å²) in [5.41, 5.74) is -1.23. The zero-order chi connectivity index (χ0) is 18.7. The van der Waals surface area contributed by atoms with Crippen LogP contribution < -0.4 is 5.32 Å². The van der Waals surface area contributed by atoms with Crippen LogP contribution in [-0.4, -0.2) is 11.3 Å². The third-order valence-electron chi connectivity index (χ3n) is 5.26. The lowest BCUT2D eigenvalue weighted by Gasteiger charge is -2.39. The molecule has 1 aromatic carbocycles. The van der Waals surface area contributed by atoms with E-state index in [9.17, 15) is 13.6 Å². The Bertz CT molecular complexity index is 621. The summed E-state index contributed by atoms with van der Waals surface area (Å²) in [5, 5.41) is 3.47. The molecule has 0 amide bonds. The van der Waals surface area contributed by atoms with E-state index in [1.165, 1.54) is 6.42 Å². The molecule has 0 aromatic heterocycles. The SMILES string of the molecule is CCCCC(=O)c1cc(CNC2(C)CCC2)cc(C(F)(F)P)c1CC. The minimum Gasteiger partial charge on any atom is -0.307 e. The molecule has 2 nitrogen and oxygen atoms in total. The molecule has 5 heteroatoms. The first-order valence-electron chi connectivity index (χ1n) is 9.31. The van der Waals surface area contributed by atoms with Gasteiger partial charge in [-0.25, -0.2) is 0 Å². The molecule has 25 heavy (non-hydrogen) atoms. The summed E-state index contributed by atoms with van der Waals surface area (Å²) in [6.07, 6.45) is 5.96. The second-order valence-electron chi connectivity index (χ2n) is 7.44. The number of carbonyl (C=O) groups excluding carboxylic acids is 1. The molecule has 1 unspecified atom stereocenters. The largest absolute Gasteiger partial charge is 0.307 e. The third-order valence-corrected chi connectivity index (χ3v) is 5.57. The summed E-state index contributed by atoms with van der Waals surface area (Å²) >= 11 is 0. The van der Waals surface area contributed by atoms with E-state index in [4.69, 9.17) is 0 Å². The lowest BCUT2D eigenvalue weighted by Crippen LogP contribution is -2.47. The molecule has 1 atom stereocenters. The van der Waals surface area contributed by atoms with Gasteiger partial charge in [0.1, 0.15) is 0 Å². The van der Waals surface area contributed by atoms with Crippen LogP contribution in [-0.2, 0) is 18.6 Å². The van der Waals surface area contributed by atoms with Crippen molar-refractivity contribution in [1.29, 1.82) is 0 Å². The number of alkyl halides is 2. The summed E-state index contributed by atoms with van der Waals surface area (Å²) in [7, 11) is 1.62. The summed E-state index contributed by atoms with van der Waals surface area (Å²) in [6.45, 7) is 6.53. The Labute approximate surface area is 152 Å². The number of hydrogen-bond donors (Lipinski definition) is 1. The van der Waals surface area contributed by atoms with E-state index >= 15 is 0 Å². The van der Waals surface area contributed by atoms with Gasteiger partial charge in [-0.1, -0.05) is 29.5 Å². The minimum atomic E-state index is -3.03. The highest BCUT2D eigenvalue weighted by Gasteiger charge is 2.32. The number of rotatable bonds is 9. The molecule has 0 bridgehead atoms. The summed E-state index contributed by atoms with van der Waals surface area (Å²) in [6, 6.07) is 3.39. The van der Waals surface area contributed by atoms with Crippen molar-refractivity contribution in [2.45, 2.75) is 83.5 Å². The third kappa shape index (κ3) is 5.08. The molecule has 2 rings (SSSR count). The monoisotopic (exact) mass is 369 g/mol. The molecular formula is C20H30F2NOP. The van der Waals surface area contributed by atoms with Gasteiger partial charge < -0.3 is 5.32 Å². The van der Waals surface area contributed by atoms with Gasteiger partial charge in [0.2, 0.25) is 0 Å². The molecular weight excluding hydrogens is 339 g/mol. The normalized spacial score (nSPS) is 16.6. The number of nitrogens with one attached hydrogen (secondary N) is 1. The average Bonchev–Trinajstić information content (AvgIpc) is 2.54. The maximum Gasteiger partial charge on any atom is 0.284 e. The van der Waals surface area contributed by atoms with E-state index < -0.39 is 5.66 Å². The maximum absolute atomic E-state index is 14.2. The molecule has 0 heterocycles. The number of Topliss-reactive ketones (excluding diaryl/α,β-unsaturated/α-hetero) is 1. The van der Waals surface area contributed by atoms with Gasteiger partial charge in [-0.15, -0.1) is 0 Å². The molecule has 140 valence electrons. The zero-order valence-corrected chi connectivity index (χ0v) is 16.7. The van der Waals surface area contributed by atoms with Gasteiger partial charge >= 0.3 is 0 Å². The number of unbranched alkanes of at least 4 members (excludes halogenated alkanes) is 1. The Morgan fingerprint density at radius 1 is 1.32 bits per heavy atom. The summed E-state index contributed by atoms with van der Waals surface area (Å²) < 4.78 is 28.3. The maximum atomic E-state index is 14.2. The van der Waals surface area contributed by atoms with E-state index in [-0.39, 0.29) is 16.9 Å². The Morgan fingerprint density at radius 2 is 2.00 bits per heavy atom.